The standard InChI is InChI=1S/C14H23NO3.ClH/c1-4-11(2)15-9-12(16)10-18-14-8-6-5-7-13(14)17-3;/h5-8,11-12,15-16H,4,9-10H2,1-3H3;1H. The second kappa shape index (κ2) is 9.89. The van der Waals surface area contributed by atoms with E-state index in [4.69, 9.17) is 9.47 Å². The van der Waals surface area contributed by atoms with Crippen LogP contribution in [-0.4, -0.2) is 37.5 Å². The highest BCUT2D eigenvalue weighted by Crippen LogP contribution is 2.25. The Bertz CT molecular complexity index is 349. The molecule has 0 aromatic heterocycles. The van der Waals surface area contributed by atoms with Gasteiger partial charge in [0.2, 0.25) is 0 Å². The van der Waals surface area contributed by atoms with Crippen molar-refractivity contribution in [3.63, 3.8) is 0 Å². The van der Waals surface area contributed by atoms with Crippen LogP contribution in [0.3, 0.4) is 0 Å². The molecule has 0 fully saturated rings. The molecule has 19 heavy (non-hydrogen) atoms. The van der Waals surface area contributed by atoms with Crippen LogP contribution in [0.4, 0.5) is 0 Å². The minimum Gasteiger partial charge on any atom is -0.493 e. The number of aliphatic hydroxyl groups excluding tert-OH is 1. The fourth-order valence-corrected chi connectivity index (χ4v) is 1.46. The molecule has 1 aromatic carbocycles. The molecule has 1 aromatic rings. The van der Waals surface area contributed by atoms with Gasteiger partial charge >= 0.3 is 0 Å². The molecule has 2 unspecified atom stereocenters. The molecule has 0 amide bonds. The van der Waals surface area contributed by atoms with E-state index in [0.29, 0.717) is 24.1 Å². The van der Waals surface area contributed by atoms with Crippen LogP contribution in [0.1, 0.15) is 20.3 Å². The molecule has 0 aliphatic rings. The maximum Gasteiger partial charge on any atom is 0.161 e. The highest BCUT2D eigenvalue weighted by molar-refractivity contribution is 5.85. The number of nitrogens with one attached hydrogen (secondary N) is 1. The van der Waals surface area contributed by atoms with Crippen LogP contribution >= 0.6 is 12.4 Å². The molecule has 2 atom stereocenters. The second-order valence-corrected chi connectivity index (χ2v) is 4.33. The summed E-state index contributed by atoms with van der Waals surface area (Å²) in [6.45, 7) is 4.98. The first-order valence-corrected chi connectivity index (χ1v) is 6.34. The largest absolute Gasteiger partial charge is 0.493 e. The summed E-state index contributed by atoms with van der Waals surface area (Å²) in [4.78, 5) is 0. The lowest BCUT2D eigenvalue weighted by molar-refractivity contribution is 0.102. The summed E-state index contributed by atoms with van der Waals surface area (Å²) in [6, 6.07) is 7.83. The van der Waals surface area contributed by atoms with E-state index in [0.717, 1.165) is 6.42 Å². The molecule has 0 aliphatic heterocycles. The van der Waals surface area contributed by atoms with Gasteiger partial charge in [-0.15, -0.1) is 12.4 Å². The fourth-order valence-electron chi connectivity index (χ4n) is 1.46. The lowest BCUT2D eigenvalue weighted by Crippen LogP contribution is -2.36. The van der Waals surface area contributed by atoms with Crippen LogP contribution in [0.5, 0.6) is 11.5 Å². The first-order valence-electron chi connectivity index (χ1n) is 6.34. The Labute approximate surface area is 121 Å². The number of ether oxygens (including phenoxy) is 2. The Hall–Kier alpha value is -0.970. The maximum absolute atomic E-state index is 9.79. The van der Waals surface area contributed by atoms with Crippen LogP contribution in [0, 0.1) is 0 Å². The molecule has 0 spiro atoms. The van der Waals surface area contributed by atoms with Gasteiger partial charge in [0.25, 0.3) is 0 Å². The Morgan fingerprint density at radius 3 is 2.47 bits per heavy atom. The van der Waals surface area contributed by atoms with E-state index < -0.39 is 6.10 Å². The lowest BCUT2D eigenvalue weighted by Gasteiger charge is -2.17. The van der Waals surface area contributed by atoms with Gasteiger partial charge in [-0.25, -0.2) is 0 Å². The highest BCUT2D eigenvalue weighted by Gasteiger charge is 2.09. The van der Waals surface area contributed by atoms with Crippen molar-refractivity contribution in [2.24, 2.45) is 0 Å². The smallest absolute Gasteiger partial charge is 0.161 e. The molecule has 2 N–H and O–H groups in total. The number of benzene rings is 1. The van der Waals surface area contributed by atoms with Crippen molar-refractivity contribution in [1.82, 2.24) is 5.32 Å². The SMILES string of the molecule is CCC(C)NCC(O)COc1ccccc1OC.Cl. The van der Waals surface area contributed by atoms with Crippen LogP contribution in [-0.2, 0) is 0 Å². The summed E-state index contributed by atoms with van der Waals surface area (Å²) in [6.07, 6.45) is 0.518. The van der Waals surface area contributed by atoms with Gasteiger partial charge in [-0.05, 0) is 25.5 Å². The number of aliphatic hydroxyl groups is 1. The van der Waals surface area contributed by atoms with Gasteiger partial charge in [-0.2, -0.15) is 0 Å². The molecule has 4 nitrogen and oxygen atoms in total. The van der Waals surface area contributed by atoms with Crippen molar-refractivity contribution in [3.8, 4) is 11.5 Å². The number of hydrogen-bond donors (Lipinski definition) is 2. The molecule has 0 heterocycles. The van der Waals surface area contributed by atoms with Crippen molar-refractivity contribution >= 4 is 12.4 Å². The molecule has 0 bridgehead atoms. The Morgan fingerprint density at radius 1 is 1.26 bits per heavy atom. The van der Waals surface area contributed by atoms with Gasteiger partial charge in [0.1, 0.15) is 12.7 Å². The van der Waals surface area contributed by atoms with Crippen LogP contribution in [0.2, 0.25) is 0 Å². The summed E-state index contributed by atoms with van der Waals surface area (Å²) in [7, 11) is 1.60. The second-order valence-electron chi connectivity index (χ2n) is 4.33. The van der Waals surface area contributed by atoms with Crippen molar-refractivity contribution in [1.29, 1.82) is 0 Å². The third-order valence-corrected chi connectivity index (χ3v) is 2.81. The Kier molecular flexibility index (Phi) is 9.39. The first kappa shape index (κ1) is 18.0. The normalized spacial score (nSPS) is 13.3. The number of halogens is 1. The lowest BCUT2D eigenvalue weighted by atomic mass is 10.2. The monoisotopic (exact) mass is 289 g/mol. The molecular formula is C14H24ClNO3. The predicted octanol–water partition coefficient (Wildman–Crippen LogP) is 2.24. The molecular weight excluding hydrogens is 266 g/mol. The van der Waals surface area contributed by atoms with Crippen molar-refractivity contribution in [2.45, 2.75) is 32.4 Å². The molecule has 0 saturated carbocycles. The van der Waals surface area contributed by atoms with Crippen LogP contribution in [0.15, 0.2) is 24.3 Å². The topological polar surface area (TPSA) is 50.7 Å². The van der Waals surface area contributed by atoms with E-state index in [1.54, 1.807) is 7.11 Å². The summed E-state index contributed by atoms with van der Waals surface area (Å²) in [5.74, 6) is 1.34. The fraction of sp³-hybridized carbons (Fsp3) is 0.571. The summed E-state index contributed by atoms with van der Waals surface area (Å²) < 4.78 is 10.7. The van der Waals surface area contributed by atoms with E-state index in [1.807, 2.05) is 24.3 Å². The average molecular weight is 290 g/mol. The molecule has 0 aliphatic carbocycles. The van der Waals surface area contributed by atoms with Crippen LogP contribution < -0.4 is 14.8 Å². The van der Waals surface area contributed by atoms with Gasteiger partial charge in [0.05, 0.1) is 7.11 Å². The molecule has 0 saturated heterocycles. The Balaban J connectivity index is 0.00000324. The molecule has 5 heteroatoms. The zero-order chi connectivity index (χ0) is 13.4. The quantitative estimate of drug-likeness (QED) is 0.771. The van der Waals surface area contributed by atoms with Gasteiger partial charge in [-0.3, -0.25) is 0 Å². The molecule has 110 valence electrons. The maximum atomic E-state index is 9.79. The van der Waals surface area contributed by atoms with Crippen molar-refractivity contribution in [2.75, 3.05) is 20.3 Å². The molecule has 1 rings (SSSR count). The van der Waals surface area contributed by atoms with E-state index in [1.165, 1.54) is 0 Å². The number of para-hydroxylation sites is 2. The minimum atomic E-state index is -0.524. The van der Waals surface area contributed by atoms with Gasteiger partial charge in [0, 0.05) is 12.6 Å². The molecule has 0 radical (unpaired) electrons. The average Bonchev–Trinajstić information content (AvgIpc) is 2.42. The number of methoxy groups -OCH3 is 1. The zero-order valence-electron chi connectivity index (χ0n) is 11.8. The van der Waals surface area contributed by atoms with E-state index >= 15 is 0 Å². The predicted molar refractivity (Wildman–Crippen MR) is 79.5 cm³/mol. The van der Waals surface area contributed by atoms with Gasteiger partial charge < -0.3 is 19.9 Å². The third-order valence-electron chi connectivity index (χ3n) is 2.81. The first-order chi connectivity index (χ1) is 8.67. The number of hydrogen-bond acceptors (Lipinski definition) is 4. The van der Waals surface area contributed by atoms with Gasteiger partial charge in [0.15, 0.2) is 11.5 Å². The summed E-state index contributed by atoms with van der Waals surface area (Å²) >= 11 is 0. The third kappa shape index (κ3) is 6.66. The summed E-state index contributed by atoms with van der Waals surface area (Å²) in [5, 5.41) is 13.0. The van der Waals surface area contributed by atoms with Crippen molar-refractivity contribution < 1.29 is 14.6 Å². The highest BCUT2D eigenvalue weighted by atomic mass is 35.5. The van der Waals surface area contributed by atoms with E-state index in [2.05, 4.69) is 19.2 Å². The van der Waals surface area contributed by atoms with E-state index in [-0.39, 0.29) is 19.0 Å². The van der Waals surface area contributed by atoms with E-state index in [9.17, 15) is 5.11 Å². The summed E-state index contributed by atoms with van der Waals surface area (Å²) in [5.41, 5.74) is 0. The minimum absolute atomic E-state index is 0. The Morgan fingerprint density at radius 2 is 1.89 bits per heavy atom. The zero-order valence-corrected chi connectivity index (χ0v) is 12.6. The van der Waals surface area contributed by atoms with Gasteiger partial charge in [-0.1, -0.05) is 19.1 Å². The van der Waals surface area contributed by atoms with Crippen LogP contribution in [0.25, 0.3) is 0 Å². The van der Waals surface area contributed by atoms with Crippen molar-refractivity contribution in [3.05, 3.63) is 24.3 Å². The number of rotatable bonds is 8.